The molecule has 0 atom stereocenters. The molecule has 2 aliphatic rings. The van der Waals surface area contributed by atoms with Gasteiger partial charge < -0.3 is 29.9 Å². The van der Waals surface area contributed by atoms with Crippen LogP contribution < -0.4 is 25.0 Å². The zero-order chi connectivity index (χ0) is 33.5. The number of ether oxygens (including phenoxy) is 2. The highest BCUT2D eigenvalue weighted by atomic mass is 35.5. The predicted molar refractivity (Wildman–Crippen MR) is 187 cm³/mol. The maximum absolute atomic E-state index is 12.5. The Morgan fingerprint density at radius 1 is 0.958 bits per heavy atom. The third-order valence-electron chi connectivity index (χ3n) is 8.62. The van der Waals surface area contributed by atoms with Crippen LogP contribution in [-0.4, -0.2) is 76.5 Å². The fraction of sp³-hybridized carbons (Fsp3) is 0.265. The van der Waals surface area contributed by atoms with Crippen LogP contribution in [0.1, 0.15) is 12.8 Å². The van der Waals surface area contributed by atoms with Gasteiger partial charge >= 0.3 is 0 Å². The third kappa shape index (κ3) is 5.82. The summed E-state index contributed by atoms with van der Waals surface area (Å²) in [6.07, 6.45) is 8.35. The van der Waals surface area contributed by atoms with E-state index in [1.165, 1.54) is 20.3 Å². The number of hydrogen-bond acceptors (Lipinski definition) is 9. The lowest BCUT2D eigenvalue weighted by atomic mass is 10.0. The standard InChI is InChI=1S/C34H32Cl2N8O4/c1-4-27(45)39-24-16-21(42-11-13-43(14-12-42)33(46)19-5-6-19)7-8-23(24)40-34-38-18-20-15-22(32-37-9-10-44(32)31(20)41-34)28-29(35)25(47-2)17-26(48-3)30(28)36/h4,7-10,15-19H,1,5-6,11-14H2,2-3H3,(H,39,45)(H,38,40,41). The summed E-state index contributed by atoms with van der Waals surface area (Å²) in [5.41, 5.74) is 4.36. The molecule has 7 rings (SSSR count). The number of piperazine rings is 1. The van der Waals surface area contributed by atoms with E-state index in [2.05, 4.69) is 32.1 Å². The van der Waals surface area contributed by atoms with E-state index in [0.717, 1.165) is 18.5 Å². The number of amides is 2. The zero-order valence-corrected chi connectivity index (χ0v) is 27.8. The lowest BCUT2D eigenvalue weighted by molar-refractivity contribution is -0.132. The number of benzene rings is 2. The SMILES string of the molecule is C=CC(=O)Nc1cc(N2CCN(C(=O)C3CC3)CC2)ccc1Nc1ncc2cc(-c3c(Cl)c(OC)cc(OC)c3Cl)c3nccn3c2n1. The van der Waals surface area contributed by atoms with Crippen molar-refractivity contribution in [1.29, 1.82) is 0 Å². The van der Waals surface area contributed by atoms with Crippen LogP contribution in [0.15, 0.2) is 61.6 Å². The number of halogens is 2. The molecule has 1 aliphatic carbocycles. The highest BCUT2D eigenvalue weighted by Gasteiger charge is 2.34. The van der Waals surface area contributed by atoms with Gasteiger partial charge in [-0.05, 0) is 43.2 Å². The monoisotopic (exact) mass is 686 g/mol. The van der Waals surface area contributed by atoms with Gasteiger partial charge in [0.2, 0.25) is 17.8 Å². The van der Waals surface area contributed by atoms with Gasteiger partial charge in [0.1, 0.15) is 17.1 Å². The first-order valence-electron chi connectivity index (χ1n) is 15.4. The molecule has 0 radical (unpaired) electrons. The molecule has 5 aromatic rings. The minimum Gasteiger partial charge on any atom is -0.495 e. The molecule has 1 aliphatic heterocycles. The summed E-state index contributed by atoms with van der Waals surface area (Å²) in [7, 11) is 3.04. The van der Waals surface area contributed by atoms with E-state index in [-0.39, 0.29) is 17.7 Å². The number of carbonyl (C=O) groups is 2. The number of rotatable bonds is 9. The molecule has 1 saturated carbocycles. The average molecular weight is 688 g/mol. The maximum atomic E-state index is 12.5. The molecule has 14 heteroatoms. The van der Waals surface area contributed by atoms with E-state index in [1.807, 2.05) is 33.6 Å². The Balaban J connectivity index is 1.21. The number of nitrogens with one attached hydrogen (secondary N) is 2. The van der Waals surface area contributed by atoms with Gasteiger partial charge in [-0.3, -0.25) is 14.0 Å². The lowest BCUT2D eigenvalue weighted by Gasteiger charge is -2.36. The number of pyridine rings is 1. The van der Waals surface area contributed by atoms with Crippen LogP contribution in [0.2, 0.25) is 10.0 Å². The summed E-state index contributed by atoms with van der Waals surface area (Å²) >= 11 is 13.5. The van der Waals surface area contributed by atoms with E-state index < -0.39 is 0 Å². The first-order valence-corrected chi connectivity index (χ1v) is 16.2. The molecule has 2 amide bonds. The molecule has 0 bridgehead atoms. The number of methoxy groups -OCH3 is 2. The largest absolute Gasteiger partial charge is 0.495 e. The van der Waals surface area contributed by atoms with E-state index in [0.29, 0.717) is 92.9 Å². The van der Waals surface area contributed by atoms with Crippen LogP contribution in [0.4, 0.5) is 23.0 Å². The Hall–Kier alpha value is -5.07. The van der Waals surface area contributed by atoms with Crippen LogP contribution in [0.5, 0.6) is 11.5 Å². The topological polar surface area (TPSA) is 126 Å². The van der Waals surface area contributed by atoms with E-state index >= 15 is 0 Å². The van der Waals surface area contributed by atoms with Gasteiger partial charge in [-0.15, -0.1) is 0 Å². The van der Waals surface area contributed by atoms with Crippen LogP contribution in [0.3, 0.4) is 0 Å². The molecule has 0 spiro atoms. The minimum atomic E-state index is -0.353. The van der Waals surface area contributed by atoms with Crippen molar-refractivity contribution in [2.75, 3.05) is 55.9 Å². The van der Waals surface area contributed by atoms with Crippen LogP contribution in [0.25, 0.3) is 27.8 Å². The van der Waals surface area contributed by atoms with Crippen molar-refractivity contribution in [3.8, 4) is 22.6 Å². The average Bonchev–Trinajstić information content (AvgIpc) is 3.84. The third-order valence-corrected chi connectivity index (χ3v) is 9.38. The molecule has 48 heavy (non-hydrogen) atoms. The molecule has 1 saturated heterocycles. The normalized spacial score (nSPS) is 14.7. The summed E-state index contributed by atoms with van der Waals surface area (Å²) in [5.74, 6) is 1.24. The maximum Gasteiger partial charge on any atom is 0.247 e. The minimum absolute atomic E-state index is 0.209. The molecule has 246 valence electrons. The van der Waals surface area contributed by atoms with Crippen molar-refractivity contribution >= 4 is 74.7 Å². The number of nitrogens with zero attached hydrogens (tertiary/aromatic N) is 6. The Morgan fingerprint density at radius 2 is 1.69 bits per heavy atom. The number of fused-ring (bicyclic) bond motifs is 3. The molecule has 12 nitrogen and oxygen atoms in total. The predicted octanol–water partition coefficient (Wildman–Crippen LogP) is 6.20. The summed E-state index contributed by atoms with van der Waals surface area (Å²) in [5, 5.41) is 7.50. The molecule has 0 unspecified atom stereocenters. The summed E-state index contributed by atoms with van der Waals surface area (Å²) in [6.45, 7) is 6.35. The number of anilines is 4. The fourth-order valence-corrected chi connectivity index (χ4v) is 6.66. The van der Waals surface area contributed by atoms with Gasteiger partial charge in [-0.1, -0.05) is 29.8 Å². The lowest BCUT2D eigenvalue weighted by Crippen LogP contribution is -2.49. The first kappa shape index (κ1) is 31.5. The van der Waals surface area contributed by atoms with E-state index in [1.54, 1.807) is 24.7 Å². The van der Waals surface area contributed by atoms with Gasteiger partial charge in [-0.2, -0.15) is 4.98 Å². The van der Waals surface area contributed by atoms with Crippen molar-refractivity contribution < 1.29 is 19.1 Å². The van der Waals surface area contributed by atoms with Gasteiger partial charge in [0.25, 0.3) is 0 Å². The molecule has 4 heterocycles. The van der Waals surface area contributed by atoms with E-state index in [9.17, 15) is 9.59 Å². The van der Waals surface area contributed by atoms with Crippen molar-refractivity contribution in [3.63, 3.8) is 0 Å². The molecule has 2 fully saturated rings. The zero-order valence-electron chi connectivity index (χ0n) is 26.3. The van der Waals surface area contributed by atoms with Gasteiger partial charge in [0.15, 0.2) is 5.65 Å². The highest BCUT2D eigenvalue weighted by Crippen LogP contribution is 2.47. The quantitative estimate of drug-likeness (QED) is 0.174. The second-order valence-electron chi connectivity index (χ2n) is 11.6. The highest BCUT2D eigenvalue weighted by molar-refractivity contribution is 6.41. The van der Waals surface area contributed by atoms with Crippen molar-refractivity contribution in [3.05, 3.63) is 71.6 Å². The molecular weight excluding hydrogens is 655 g/mol. The van der Waals surface area contributed by atoms with Crippen LogP contribution in [0, 0.1) is 5.92 Å². The van der Waals surface area contributed by atoms with Crippen LogP contribution in [-0.2, 0) is 9.59 Å². The number of hydrogen-bond donors (Lipinski definition) is 2. The molecule has 2 aromatic carbocycles. The summed E-state index contributed by atoms with van der Waals surface area (Å²) in [4.78, 5) is 43.1. The molecule has 2 N–H and O–H groups in total. The number of carbonyl (C=O) groups excluding carboxylic acids is 2. The van der Waals surface area contributed by atoms with Gasteiger partial charge in [-0.25, -0.2) is 9.97 Å². The van der Waals surface area contributed by atoms with Gasteiger partial charge in [0.05, 0.1) is 35.6 Å². The summed E-state index contributed by atoms with van der Waals surface area (Å²) in [6, 6.07) is 9.26. The van der Waals surface area contributed by atoms with E-state index in [4.69, 9.17) is 37.7 Å². The fourth-order valence-electron chi connectivity index (χ4n) is 5.96. The summed E-state index contributed by atoms with van der Waals surface area (Å²) < 4.78 is 12.8. The Morgan fingerprint density at radius 3 is 2.35 bits per heavy atom. The Bertz CT molecular complexity index is 2060. The molecule has 3 aromatic heterocycles. The second kappa shape index (κ2) is 12.9. The second-order valence-corrected chi connectivity index (χ2v) is 12.3. The van der Waals surface area contributed by atoms with Crippen molar-refractivity contribution in [2.45, 2.75) is 12.8 Å². The van der Waals surface area contributed by atoms with Gasteiger partial charge in [0, 0.05) is 79.0 Å². The molecular formula is C34H32Cl2N8O4. The first-order chi connectivity index (χ1) is 23.3. The van der Waals surface area contributed by atoms with Crippen LogP contribution >= 0.6 is 23.2 Å². The van der Waals surface area contributed by atoms with Crippen molar-refractivity contribution in [1.82, 2.24) is 24.3 Å². The van der Waals surface area contributed by atoms with Crippen molar-refractivity contribution in [2.24, 2.45) is 5.92 Å². The Labute approximate surface area is 286 Å². The number of aromatic nitrogens is 4. The smallest absolute Gasteiger partial charge is 0.247 e. The number of imidazole rings is 1. The Kier molecular flexibility index (Phi) is 8.44.